The van der Waals surface area contributed by atoms with Gasteiger partial charge in [0.1, 0.15) is 10.7 Å². The highest BCUT2D eigenvalue weighted by molar-refractivity contribution is 7.89. The van der Waals surface area contributed by atoms with Gasteiger partial charge in [-0.3, -0.25) is 9.78 Å². The molecule has 160 valence electrons. The van der Waals surface area contributed by atoms with E-state index >= 15 is 0 Å². The summed E-state index contributed by atoms with van der Waals surface area (Å²) < 4.78 is 43.6. The van der Waals surface area contributed by atoms with E-state index in [2.05, 4.69) is 21.4 Å². The Balaban J connectivity index is 1.37. The molecule has 1 unspecified atom stereocenters. The number of fused-ring (bicyclic) bond motifs is 1. The van der Waals surface area contributed by atoms with Gasteiger partial charge in [0, 0.05) is 36.3 Å². The molecule has 3 heterocycles. The number of hydrogen-bond donors (Lipinski definition) is 1. The van der Waals surface area contributed by atoms with E-state index in [1.165, 1.54) is 22.5 Å². The molecule has 1 fully saturated rings. The SMILES string of the molecule is C[C@@H]1CC(Cn2ncc3cc(-c4cn[nH]c4)ccc32)CN1S(=O)(=O)c1ccccc1F. The minimum Gasteiger partial charge on any atom is -0.285 e. The average Bonchev–Trinajstić information content (AvgIpc) is 3.49. The summed E-state index contributed by atoms with van der Waals surface area (Å²) in [5.41, 5.74) is 3.06. The van der Waals surface area contributed by atoms with Gasteiger partial charge in [0.25, 0.3) is 0 Å². The minimum absolute atomic E-state index is 0.0909. The number of sulfonamides is 1. The van der Waals surface area contributed by atoms with Crippen LogP contribution in [-0.4, -0.2) is 45.3 Å². The Labute approximate surface area is 179 Å². The molecule has 2 aromatic carbocycles. The Hall–Kier alpha value is -3.04. The first-order valence-corrected chi connectivity index (χ1v) is 11.6. The molecular weight excluding hydrogens is 417 g/mol. The summed E-state index contributed by atoms with van der Waals surface area (Å²) in [6.07, 6.45) is 6.14. The minimum atomic E-state index is -3.88. The van der Waals surface area contributed by atoms with Crippen molar-refractivity contribution in [1.29, 1.82) is 0 Å². The van der Waals surface area contributed by atoms with Gasteiger partial charge in [-0.2, -0.15) is 14.5 Å². The first kappa shape index (κ1) is 19.9. The van der Waals surface area contributed by atoms with Crippen molar-refractivity contribution in [2.24, 2.45) is 5.92 Å². The van der Waals surface area contributed by atoms with Crippen LogP contribution in [-0.2, 0) is 16.6 Å². The molecule has 1 saturated heterocycles. The maximum atomic E-state index is 14.2. The fourth-order valence-corrected chi connectivity index (χ4v) is 6.21. The number of aromatic nitrogens is 4. The summed E-state index contributed by atoms with van der Waals surface area (Å²) in [5.74, 6) is -0.627. The molecule has 0 spiro atoms. The summed E-state index contributed by atoms with van der Waals surface area (Å²) in [7, 11) is -3.88. The van der Waals surface area contributed by atoms with Crippen molar-refractivity contribution in [2.75, 3.05) is 6.54 Å². The summed E-state index contributed by atoms with van der Waals surface area (Å²) in [6, 6.07) is 11.4. The standard InChI is InChI=1S/C22H22FN5O2S/c1-15-8-16(14-28(15)31(29,30)22-5-3-2-4-20(22)23)13-27-21-7-6-17(9-18(21)12-26-27)19-10-24-25-11-19/h2-7,9-12,15-16H,8,13-14H2,1H3,(H,24,25)/t15-,16?/m1/s1. The molecule has 31 heavy (non-hydrogen) atoms. The lowest BCUT2D eigenvalue weighted by Crippen LogP contribution is -2.34. The molecule has 0 aliphatic carbocycles. The van der Waals surface area contributed by atoms with Gasteiger partial charge < -0.3 is 0 Å². The number of aromatic amines is 1. The lowest BCUT2D eigenvalue weighted by molar-refractivity contribution is 0.393. The predicted molar refractivity (Wildman–Crippen MR) is 115 cm³/mol. The quantitative estimate of drug-likeness (QED) is 0.514. The van der Waals surface area contributed by atoms with Gasteiger partial charge in [0.15, 0.2) is 0 Å². The topological polar surface area (TPSA) is 83.9 Å². The Kier molecular flexibility index (Phi) is 4.86. The van der Waals surface area contributed by atoms with Gasteiger partial charge in [-0.15, -0.1) is 0 Å². The fourth-order valence-electron chi connectivity index (χ4n) is 4.42. The van der Waals surface area contributed by atoms with Crippen LogP contribution < -0.4 is 0 Å². The molecule has 7 nitrogen and oxygen atoms in total. The second-order valence-electron chi connectivity index (χ2n) is 8.04. The second kappa shape index (κ2) is 7.58. The van der Waals surface area contributed by atoms with Crippen LogP contribution in [0.5, 0.6) is 0 Å². The van der Waals surface area contributed by atoms with Gasteiger partial charge >= 0.3 is 0 Å². The molecule has 9 heteroatoms. The van der Waals surface area contributed by atoms with Crippen molar-refractivity contribution < 1.29 is 12.8 Å². The zero-order valence-electron chi connectivity index (χ0n) is 16.9. The number of benzene rings is 2. The van der Waals surface area contributed by atoms with Crippen LogP contribution in [0.2, 0.25) is 0 Å². The van der Waals surface area contributed by atoms with E-state index in [1.807, 2.05) is 36.1 Å². The summed E-state index contributed by atoms with van der Waals surface area (Å²) in [5, 5.41) is 12.4. The van der Waals surface area contributed by atoms with Crippen LogP contribution in [0.3, 0.4) is 0 Å². The zero-order valence-corrected chi connectivity index (χ0v) is 17.8. The molecule has 2 aromatic heterocycles. The van der Waals surface area contributed by atoms with E-state index in [9.17, 15) is 12.8 Å². The molecule has 1 aliphatic rings. The molecule has 4 aromatic rings. The lowest BCUT2D eigenvalue weighted by Gasteiger charge is -2.21. The van der Waals surface area contributed by atoms with Gasteiger partial charge in [-0.25, -0.2) is 12.8 Å². The van der Waals surface area contributed by atoms with E-state index in [-0.39, 0.29) is 16.9 Å². The normalized spacial score (nSPS) is 19.9. The number of nitrogens with one attached hydrogen (secondary N) is 1. The Morgan fingerprint density at radius 3 is 2.77 bits per heavy atom. The second-order valence-corrected chi connectivity index (χ2v) is 9.90. The number of H-pyrrole nitrogens is 1. The maximum Gasteiger partial charge on any atom is 0.246 e. The third-order valence-electron chi connectivity index (χ3n) is 5.93. The molecule has 0 radical (unpaired) electrons. The van der Waals surface area contributed by atoms with Crippen molar-refractivity contribution in [3.05, 3.63) is 66.9 Å². The van der Waals surface area contributed by atoms with Crippen molar-refractivity contribution in [1.82, 2.24) is 24.3 Å². The molecule has 5 rings (SSSR count). The summed E-state index contributed by atoms with van der Waals surface area (Å²) >= 11 is 0. The Morgan fingerprint density at radius 2 is 2.00 bits per heavy atom. The Bertz CT molecular complexity index is 1330. The maximum absolute atomic E-state index is 14.2. The fraction of sp³-hybridized carbons (Fsp3) is 0.273. The molecular formula is C22H22FN5O2S. The summed E-state index contributed by atoms with van der Waals surface area (Å²) in [6.45, 7) is 2.81. The van der Waals surface area contributed by atoms with Crippen molar-refractivity contribution in [3.8, 4) is 11.1 Å². The smallest absolute Gasteiger partial charge is 0.246 e. The van der Waals surface area contributed by atoms with Crippen LogP contribution in [0.25, 0.3) is 22.0 Å². The van der Waals surface area contributed by atoms with Crippen molar-refractivity contribution in [3.63, 3.8) is 0 Å². The third kappa shape index (κ3) is 3.53. The van der Waals surface area contributed by atoms with Crippen LogP contribution in [0.4, 0.5) is 4.39 Å². The predicted octanol–water partition coefficient (Wildman–Crippen LogP) is 3.66. The highest BCUT2D eigenvalue weighted by atomic mass is 32.2. The number of nitrogens with zero attached hydrogens (tertiary/aromatic N) is 4. The highest BCUT2D eigenvalue weighted by Gasteiger charge is 2.39. The highest BCUT2D eigenvalue weighted by Crippen LogP contribution is 2.32. The molecule has 0 saturated carbocycles. The van der Waals surface area contributed by atoms with Crippen LogP contribution in [0, 0.1) is 11.7 Å². The number of hydrogen-bond acceptors (Lipinski definition) is 4. The van der Waals surface area contributed by atoms with E-state index in [0.717, 1.165) is 22.0 Å². The molecule has 0 bridgehead atoms. The van der Waals surface area contributed by atoms with Crippen molar-refractivity contribution in [2.45, 2.75) is 30.8 Å². The molecule has 2 atom stereocenters. The first-order valence-electron chi connectivity index (χ1n) is 10.1. The van der Waals surface area contributed by atoms with E-state index in [0.29, 0.717) is 19.5 Å². The van der Waals surface area contributed by atoms with E-state index in [4.69, 9.17) is 0 Å². The lowest BCUT2D eigenvalue weighted by atomic mass is 10.1. The molecule has 1 N–H and O–H groups in total. The van der Waals surface area contributed by atoms with Gasteiger partial charge in [0.05, 0.1) is 17.9 Å². The molecule has 1 aliphatic heterocycles. The first-order chi connectivity index (χ1) is 14.9. The van der Waals surface area contributed by atoms with Crippen LogP contribution in [0.1, 0.15) is 13.3 Å². The monoisotopic (exact) mass is 439 g/mol. The third-order valence-corrected chi connectivity index (χ3v) is 7.95. The average molecular weight is 440 g/mol. The zero-order chi connectivity index (χ0) is 21.6. The van der Waals surface area contributed by atoms with E-state index in [1.54, 1.807) is 12.3 Å². The van der Waals surface area contributed by atoms with Gasteiger partial charge in [0.2, 0.25) is 10.0 Å². The van der Waals surface area contributed by atoms with Crippen LogP contribution >= 0.6 is 0 Å². The number of rotatable bonds is 5. The van der Waals surface area contributed by atoms with Gasteiger partial charge in [-0.1, -0.05) is 18.2 Å². The van der Waals surface area contributed by atoms with E-state index < -0.39 is 15.8 Å². The summed E-state index contributed by atoms with van der Waals surface area (Å²) in [4.78, 5) is -0.265. The molecule has 0 amide bonds. The van der Waals surface area contributed by atoms with Crippen molar-refractivity contribution >= 4 is 20.9 Å². The largest absolute Gasteiger partial charge is 0.285 e. The van der Waals surface area contributed by atoms with Gasteiger partial charge in [-0.05, 0) is 49.1 Å². The Morgan fingerprint density at radius 1 is 1.16 bits per heavy atom. The van der Waals surface area contributed by atoms with Crippen LogP contribution in [0.15, 0.2) is 66.0 Å². The number of halogens is 1.